The summed E-state index contributed by atoms with van der Waals surface area (Å²) in [5.41, 5.74) is 2.41. The fourth-order valence-corrected chi connectivity index (χ4v) is 2.73. The standard InChI is InChI=1S/C12H11BrN2O2/c1-17-10-5-7(13)6-15-12(10)11-8(14-15)3-2-4-9(11)16/h5-6H,2-4H2,1H3. The molecule has 5 heteroatoms. The first-order chi connectivity index (χ1) is 8.20. The fraction of sp³-hybridized carbons (Fsp3) is 0.333. The van der Waals surface area contributed by atoms with E-state index in [9.17, 15) is 4.79 Å². The van der Waals surface area contributed by atoms with E-state index in [0.29, 0.717) is 12.2 Å². The van der Waals surface area contributed by atoms with Crippen molar-refractivity contribution >= 4 is 27.2 Å². The van der Waals surface area contributed by atoms with Crippen LogP contribution in [0, 0.1) is 0 Å². The van der Waals surface area contributed by atoms with Crippen LogP contribution in [0.5, 0.6) is 5.75 Å². The molecule has 88 valence electrons. The highest BCUT2D eigenvalue weighted by atomic mass is 79.9. The first kappa shape index (κ1) is 10.8. The summed E-state index contributed by atoms with van der Waals surface area (Å²) in [5, 5.41) is 4.46. The minimum atomic E-state index is 0.168. The summed E-state index contributed by atoms with van der Waals surface area (Å²) >= 11 is 3.41. The highest BCUT2D eigenvalue weighted by Crippen LogP contribution is 2.32. The molecule has 0 atom stereocenters. The van der Waals surface area contributed by atoms with Crippen LogP contribution in [0.25, 0.3) is 5.52 Å². The lowest BCUT2D eigenvalue weighted by molar-refractivity contribution is 0.0974. The zero-order chi connectivity index (χ0) is 12.0. The third-order valence-corrected chi connectivity index (χ3v) is 3.48. The second-order valence-electron chi connectivity index (χ2n) is 4.12. The average molecular weight is 295 g/mol. The molecule has 0 aliphatic heterocycles. The zero-order valence-electron chi connectivity index (χ0n) is 9.36. The van der Waals surface area contributed by atoms with Crippen molar-refractivity contribution < 1.29 is 9.53 Å². The number of aromatic nitrogens is 2. The normalized spacial score (nSPS) is 15.1. The Balaban J connectivity index is 2.40. The molecule has 1 aliphatic carbocycles. The van der Waals surface area contributed by atoms with Crippen molar-refractivity contribution in [2.45, 2.75) is 19.3 Å². The lowest BCUT2D eigenvalue weighted by Crippen LogP contribution is -2.09. The smallest absolute Gasteiger partial charge is 0.167 e. The molecule has 0 bridgehead atoms. The quantitative estimate of drug-likeness (QED) is 0.812. The number of methoxy groups -OCH3 is 1. The van der Waals surface area contributed by atoms with Gasteiger partial charge in [0.2, 0.25) is 0 Å². The number of Topliss-reactive ketones (excluding diaryl/α,β-unsaturated/α-hetero) is 1. The van der Waals surface area contributed by atoms with Gasteiger partial charge in [-0.15, -0.1) is 0 Å². The van der Waals surface area contributed by atoms with Crippen molar-refractivity contribution in [1.29, 1.82) is 0 Å². The van der Waals surface area contributed by atoms with Gasteiger partial charge >= 0.3 is 0 Å². The highest BCUT2D eigenvalue weighted by molar-refractivity contribution is 9.10. The Morgan fingerprint density at radius 3 is 3.06 bits per heavy atom. The van der Waals surface area contributed by atoms with E-state index >= 15 is 0 Å². The number of aryl methyl sites for hydroxylation is 1. The summed E-state index contributed by atoms with van der Waals surface area (Å²) in [6.45, 7) is 0. The number of carbonyl (C=O) groups is 1. The van der Waals surface area contributed by atoms with Crippen LogP contribution in [0.3, 0.4) is 0 Å². The van der Waals surface area contributed by atoms with Crippen LogP contribution in [0.1, 0.15) is 28.9 Å². The lowest BCUT2D eigenvalue weighted by atomic mass is 9.95. The van der Waals surface area contributed by atoms with E-state index in [4.69, 9.17) is 4.74 Å². The zero-order valence-corrected chi connectivity index (χ0v) is 11.0. The molecule has 0 unspecified atom stereocenters. The predicted molar refractivity (Wildman–Crippen MR) is 66.7 cm³/mol. The first-order valence-corrected chi connectivity index (χ1v) is 6.28. The van der Waals surface area contributed by atoms with Crippen molar-refractivity contribution in [1.82, 2.24) is 9.61 Å². The molecule has 17 heavy (non-hydrogen) atoms. The lowest BCUT2D eigenvalue weighted by Gasteiger charge is -2.09. The van der Waals surface area contributed by atoms with Gasteiger partial charge in [0.25, 0.3) is 0 Å². The van der Waals surface area contributed by atoms with Gasteiger partial charge in [-0.25, -0.2) is 4.52 Å². The Labute approximate surface area is 107 Å². The summed E-state index contributed by atoms with van der Waals surface area (Å²) in [6.07, 6.45) is 4.21. The van der Waals surface area contributed by atoms with Gasteiger partial charge in [-0.05, 0) is 34.8 Å². The van der Waals surface area contributed by atoms with Crippen molar-refractivity contribution in [3.8, 4) is 5.75 Å². The van der Waals surface area contributed by atoms with Crippen LogP contribution < -0.4 is 4.74 Å². The van der Waals surface area contributed by atoms with E-state index in [-0.39, 0.29) is 5.78 Å². The summed E-state index contributed by atoms with van der Waals surface area (Å²) in [7, 11) is 1.61. The van der Waals surface area contributed by atoms with Gasteiger partial charge in [0.1, 0.15) is 11.3 Å². The molecule has 2 heterocycles. The third kappa shape index (κ3) is 1.57. The number of hydrogen-bond acceptors (Lipinski definition) is 3. The van der Waals surface area contributed by atoms with Gasteiger partial charge in [-0.1, -0.05) is 0 Å². The maximum Gasteiger partial charge on any atom is 0.167 e. The summed E-state index contributed by atoms with van der Waals surface area (Å²) in [4.78, 5) is 12.0. The molecule has 0 N–H and O–H groups in total. The number of pyridine rings is 1. The van der Waals surface area contributed by atoms with E-state index in [1.807, 2.05) is 12.3 Å². The number of ether oxygens (including phenoxy) is 1. The molecule has 0 saturated carbocycles. The molecule has 2 aromatic heterocycles. The van der Waals surface area contributed by atoms with Crippen molar-refractivity contribution in [3.63, 3.8) is 0 Å². The average Bonchev–Trinajstić information content (AvgIpc) is 2.67. The van der Waals surface area contributed by atoms with Crippen LogP contribution in [-0.2, 0) is 6.42 Å². The molecule has 0 saturated heterocycles. The molecule has 0 fully saturated rings. The van der Waals surface area contributed by atoms with E-state index < -0.39 is 0 Å². The molecular formula is C12H11BrN2O2. The monoisotopic (exact) mass is 294 g/mol. The molecule has 3 rings (SSSR count). The predicted octanol–water partition coefficient (Wildman–Crippen LogP) is 2.62. The molecule has 0 spiro atoms. The maximum absolute atomic E-state index is 12.0. The molecular weight excluding hydrogens is 284 g/mol. The third-order valence-electron chi connectivity index (χ3n) is 3.05. The number of fused-ring (bicyclic) bond motifs is 3. The summed E-state index contributed by atoms with van der Waals surface area (Å²) < 4.78 is 7.95. The second kappa shape index (κ2) is 3.84. The molecule has 4 nitrogen and oxygen atoms in total. The van der Waals surface area contributed by atoms with Crippen LogP contribution >= 0.6 is 15.9 Å². The number of ketones is 1. The van der Waals surface area contributed by atoms with Crippen molar-refractivity contribution in [2.24, 2.45) is 0 Å². The van der Waals surface area contributed by atoms with Crippen LogP contribution in [0.2, 0.25) is 0 Å². The largest absolute Gasteiger partial charge is 0.494 e. The second-order valence-corrected chi connectivity index (χ2v) is 5.03. The number of rotatable bonds is 1. The maximum atomic E-state index is 12.0. The van der Waals surface area contributed by atoms with E-state index in [1.165, 1.54) is 0 Å². The SMILES string of the molecule is COc1cc(Br)cn2nc3c(c12)C(=O)CCC3. The Bertz CT molecular complexity index is 618. The van der Waals surface area contributed by atoms with Crippen LogP contribution in [-0.4, -0.2) is 22.5 Å². The summed E-state index contributed by atoms with van der Waals surface area (Å²) in [5.74, 6) is 0.852. The van der Waals surface area contributed by atoms with Crippen LogP contribution in [0.4, 0.5) is 0 Å². The fourth-order valence-electron chi connectivity index (χ4n) is 2.32. The molecule has 0 radical (unpaired) electrons. The molecule has 2 aromatic rings. The van der Waals surface area contributed by atoms with Crippen molar-refractivity contribution in [3.05, 3.63) is 28.0 Å². The highest BCUT2D eigenvalue weighted by Gasteiger charge is 2.25. The molecule has 0 aromatic carbocycles. The van der Waals surface area contributed by atoms with E-state index in [2.05, 4.69) is 21.0 Å². The van der Waals surface area contributed by atoms with Gasteiger partial charge in [0, 0.05) is 17.1 Å². The van der Waals surface area contributed by atoms with Crippen molar-refractivity contribution in [2.75, 3.05) is 7.11 Å². The Morgan fingerprint density at radius 2 is 2.29 bits per heavy atom. The van der Waals surface area contributed by atoms with Gasteiger partial charge in [-0.3, -0.25) is 4.79 Å². The Kier molecular flexibility index (Phi) is 2.43. The van der Waals surface area contributed by atoms with Gasteiger partial charge in [0.15, 0.2) is 5.78 Å². The summed E-state index contributed by atoms with van der Waals surface area (Å²) in [6, 6.07) is 1.86. The van der Waals surface area contributed by atoms with E-state index in [0.717, 1.165) is 34.1 Å². The van der Waals surface area contributed by atoms with E-state index in [1.54, 1.807) is 11.6 Å². The minimum Gasteiger partial charge on any atom is -0.494 e. The number of nitrogens with zero attached hydrogens (tertiary/aromatic N) is 2. The number of hydrogen-bond donors (Lipinski definition) is 0. The van der Waals surface area contributed by atoms with Crippen LogP contribution in [0.15, 0.2) is 16.7 Å². The number of carbonyl (C=O) groups excluding carboxylic acids is 1. The first-order valence-electron chi connectivity index (χ1n) is 5.48. The molecule has 1 aliphatic rings. The van der Waals surface area contributed by atoms with Gasteiger partial charge in [0.05, 0.1) is 18.4 Å². The Hall–Kier alpha value is -1.36. The topological polar surface area (TPSA) is 43.6 Å². The van der Waals surface area contributed by atoms with Gasteiger partial charge < -0.3 is 4.74 Å². The minimum absolute atomic E-state index is 0.168. The Morgan fingerprint density at radius 1 is 1.47 bits per heavy atom. The number of halogens is 1. The van der Waals surface area contributed by atoms with Gasteiger partial charge in [-0.2, -0.15) is 5.10 Å². The molecule has 0 amide bonds.